The fourth-order valence-electron chi connectivity index (χ4n) is 3.79. The van der Waals surface area contributed by atoms with Crippen molar-refractivity contribution >= 4 is 54.8 Å². The minimum atomic E-state index is -3.82. The lowest BCUT2D eigenvalue weighted by Crippen LogP contribution is -2.50. The predicted octanol–water partition coefficient (Wildman–Crippen LogP) is 2.75. The zero-order chi connectivity index (χ0) is 27.2. The Hall–Kier alpha value is -2.09. The first-order chi connectivity index (χ1) is 17.4. The molecule has 1 aliphatic heterocycles. The molecule has 0 bridgehead atoms. The lowest BCUT2D eigenvalue weighted by Gasteiger charge is -2.30. The van der Waals surface area contributed by atoms with Crippen LogP contribution in [0.5, 0.6) is 5.75 Å². The minimum absolute atomic E-state index is 0.0867. The van der Waals surface area contributed by atoms with Crippen molar-refractivity contribution in [3.05, 3.63) is 52.5 Å². The normalized spacial score (nSPS) is 15.7. The molecule has 1 amide bonds. The summed E-state index contributed by atoms with van der Waals surface area (Å²) in [5.41, 5.74) is 0.224. The summed E-state index contributed by atoms with van der Waals surface area (Å²) in [6.07, 6.45) is 1.22. The van der Waals surface area contributed by atoms with E-state index < -0.39 is 32.0 Å². The number of morpholine rings is 1. The molecule has 204 valence electrons. The lowest BCUT2D eigenvalue weighted by atomic mass is 10.2. The smallest absolute Gasteiger partial charge is 0.244 e. The maximum atomic E-state index is 12.9. The predicted molar refractivity (Wildman–Crippen MR) is 142 cm³/mol. The first-order valence-corrected chi connectivity index (χ1v) is 15.5. The van der Waals surface area contributed by atoms with Crippen LogP contribution in [0.15, 0.2) is 47.4 Å². The highest BCUT2D eigenvalue weighted by molar-refractivity contribution is 7.92. The zero-order valence-electron chi connectivity index (χ0n) is 20.4. The highest BCUT2D eigenvalue weighted by Crippen LogP contribution is 2.30. The van der Waals surface area contributed by atoms with Gasteiger partial charge in [0.1, 0.15) is 18.4 Å². The summed E-state index contributed by atoms with van der Waals surface area (Å²) in [4.78, 5) is 13.0. The second kappa shape index (κ2) is 12.6. The van der Waals surface area contributed by atoms with Crippen molar-refractivity contribution in [2.45, 2.75) is 24.3 Å². The largest absolute Gasteiger partial charge is 0.492 e. The van der Waals surface area contributed by atoms with Crippen LogP contribution in [0, 0.1) is 0 Å². The number of sulfonamides is 2. The molecule has 37 heavy (non-hydrogen) atoms. The number of carbonyl (C=O) groups is 1. The molecule has 0 saturated carbocycles. The van der Waals surface area contributed by atoms with E-state index in [-0.39, 0.29) is 40.2 Å². The maximum absolute atomic E-state index is 12.9. The van der Waals surface area contributed by atoms with E-state index in [1.54, 1.807) is 19.1 Å². The molecule has 0 radical (unpaired) electrons. The van der Waals surface area contributed by atoms with Crippen molar-refractivity contribution < 1.29 is 31.1 Å². The molecule has 0 unspecified atom stereocenters. The van der Waals surface area contributed by atoms with Gasteiger partial charge in [0.2, 0.25) is 26.0 Å². The van der Waals surface area contributed by atoms with Gasteiger partial charge < -0.3 is 14.8 Å². The van der Waals surface area contributed by atoms with Gasteiger partial charge in [0, 0.05) is 13.1 Å². The molecule has 1 aliphatic rings. The van der Waals surface area contributed by atoms with Crippen LogP contribution in [-0.4, -0.2) is 78.8 Å². The highest BCUT2D eigenvalue weighted by atomic mass is 35.5. The third-order valence-corrected chi connectivity index (χ3v) is 9.42. The van der Waals surface area contributed by atoms with Crippen molar-refractivity contribution in [3.63, 3.8) is 0 Å². The molecular formula is C23H29Cl2N3O7S2. The molecule has 14 heteroatoms. The fraction of sp³-hybridized carbons (Fsp3) is 0.435. The van der Waals surface area contributed by atoms with Crippen LogP contribution in [0.25, 0.3) is 0 Å². The van der Waals surface area contributed by atoms with E-state index >= 15 is 0 Å². The van der Waals surface area contributed by atoms with E-state index in [9.17, 15) is 21.6 Å². The van der Waals surface area contributed by atoms with Crippen LogP contribution in [0.4, 0.5) is 5.69 Å². The van der Waals surface area contributed by atoms with Crippen LogP contribution in [0.3, 0.4) is 0 Å². The zero-order valence-corrected chi connectivity index (χ0v) is 23.5. The van der Waals surface area contributed by atoms with E-state index in [1.807, 2.05) is 0 Å². The maximum Gasteiger partial charge on any atom is 0.244 e. The van der Waals surface area contributed by atoms with Gasteiger partial charge in [-0.15, -0.1) is 0 Å². The monoisotopic (exact) mass is 593 g/mol. The first-order valence-electron chi connectivity index (χ1n) is 11.5. The van der Waals surface area contributed by atoms with E-state index in [1.165, 1.54) is 34.6 Å². The van der Waals surface area contributed by atoms with Crippen LogP contribution in [-0.2, 0) is 29.6 Å². The average Bonchev–Trinajstić information content (AvgIpc) is 2.87. The van der Waals surface area contributed by atoms with Gasteiger partial charge in [-0.3, -0.25) is 9.10 Å². The van der Waals surface area contributed by atoms with Gasteiger partial charge in [0.15, 0.2) is 0 Å². The van der Waals surface area contributed by atoms with Gasteiger partial charge in [-0.05, 0) is 48.9 Å². The highest BCUT2D eigenvalue weighted by Gasteiger charge is 2.31. The number of halogens is 2. The third-order valence-electron chi connectivity index (χ3n) is 5.59. The van der Waals surface area contributed by atoms with Crippen molar-refractivity contribution in [2.24, 2.45) is 0 Å². The molecule has 2 aromatic carbocycles. The fourth-order valence-corrected chi connectivity index (χ4v) is 6.69. The van der Waals surface area contributed by atoms with Gasteiger partial charge in [-0.25, -0.2) is 16.8 Å². The Bertz CT molecular complexity index is 1300. The molecule has 10 nitrogen and oxygen atoms in total. The molecule has 0 aromatic heterocycles. The molecule has 3 rings (SSSR count). The van der Waals surface area contributed by atoms with E-state index in [0.717, 1.165) is 10.6 Å². The topological polar surface area (TPSA) is 122 Å². The average molecular weight is 595 g/mol. The Morgan fingerprint density at radius 2 is 1.73 bits per heavy atom. The Morgan fingerprint density at radius 1 is 1.08 bits per heavy atom. The molecule has 0 spiro atoms. The summed E-state index contributed by atoms with van der Waals surface area (Å²) in [5, 5.41) is 3.12. The SMILES string of the molecule is CC[C@H](C(=O)NCCOc1ccc(S(=O)(=O)N2CCOCC2)cc1)N(c1ccc(Cl)c(Cl)c1)S(C)(=O)=O. The van der Waals surface area contributed by atoms with E-state index in [4.69, 9.17) is 32.7 Å². The van der Waals surface area contributed by atoms with Gasteiger partial charge in [0.05, 0.1) is 46.6 Å². The third kappa shape index (κ3) is 7.49. The number of benzene rings is 2. The number of nitrogens with one attached hydrogen (secondary N) is 1. The molecule has 1 fully saturated rings. The Labute approximate surface area is 227 Å². The van der Waals surface area contributed by atoms with E-state index in [2.05, 4.69) is 5.32 Å². The van der Waals surface area contributed by atoms with Crippen LogP contribution < -0.4 is 14.4 Å². The summed E-state index contributed by atoms with van der Waals surface area (Å²) in [7, 11) is -7.43. The van der Waals surface area contributed by atoms with Crippen molar-refractivity contribution in [2.75, 3.05) is 50.0 Å². The van der Waals surface area contributed by atoms with E-state index in [0.29, 0.717) is 32.1 Å². The molecule has 1 saturated heterocycles. The second-order valence-electron chi connectivity index (χ2n) is 8.21. The van der Waals surface area contributed by atoms with Crippen LogP contribution in [0.1, 0.15) is 13.3 Å². The number of amides is 1. The van der Waals surface area contributed by atoms with Gasteiger partial charge >= 0.3 is 0 Å². The first kappa shape index (κ1) is 29.5. The number of hydrogen-bond acceptors (Lipinski definition) is 7. The quantitative estimate of drug-likeness (QED) is 0.397. The molecule has 2 aromatic rings. The van der Waals surface area contributed by atoms with Crippen LogP contribution in [0.2, 0.25) is 10.0 Å². The molecule has 1 heterocycles. The molecule has 1 atom stereocenters. The number of rotatable bonds is 11. The summed E-state index contributed by atoms with van der Waals surface area (Å²) in [6.45, 7) is 3.22. The summed E-state index contributed by atoms with van der Waals surface area (Å²) < 4.78 is 63.7. The number of ether oxygens (including phenoxy) is 2. The van der Waals surface area contributed by atoms with Crippen molar-refractivity contribution in [1.82, 2.24) is 9.62 Å². The summed E-state index contributed by atoms with van der Waals surface area (Å²) in [6, 6.07) is 9.34. The minimum Gasteiger partial charge on any atom is -0.492 e. The molecule has 0 aliphatic carbocycles. The Balaban J connectivity index is 1.59. The molecule has 1 N–H and O–H groups in total. The summed E-state index contributed by atoms with van der Waals surface area (Å²) in [5.74, 6) is -0.0784. The number of hydrogen-bond donors (Lipinski definition) is 1. The van der Waals surface area contributed by atoms with Gasteiger partial charge in [0.25, 0.3) is 0 Å². The van der Waals surface area contributed by atoms with Gasteiger partial charge in [-0.2, -0.15) is 4.31 Å². The van der Waals surface area contributed by atoms with Gasteiger partial charge in [-0.1, -0.05) is 30.1 Å². The summed E-state index contributed by atoms with van der Waals surface area (Å²) >= 11 is 12.0. The number of anilines is 1. The van der Waals surface area contributed by atoms with Crippen molar-refractivity contribution in [3.8, 4) is 5.75 Å². The number of carbonyl (C=O) groups excluding carboxylic acids is 1. The molecular weight excluding hydrogens is 565 g/mol. The standard InChI is InChI=1S/C23H29Cl2N3O7S2/c1-3-22(28(36(2,30)31)17-4-9-20(24)21(25)16-17)23(29)26-10-13-35-18-5-7-19(8-6-18)37(32,33)27-11-14-34-15-12-27/h4-9,16,22H,3,10-15H2,1-2H3,(H,26,29)/t22-/m1/s1. The number of nitrogens with zero attached hydrogens (tertiary/aromatic N) is 2. The Kier molecular flexibility index (Phi) is 10.1. The second-order valence-corrected chi connectivity index (χ2v) is 12.8. The Morgan fingerprint density at radius 3 is 2.30 bits per heavy atom. The van der Waals surface area contributed by atoms with Crippen LogP contribution >= 0.6 is 23.2 Å². The van der Waals surface area contributed by atoms with Crippen molar-refractivity contribution in [1.29, 1.82) is 0 Å². The lowest BCUT2D eigenvalue weighted by molar-refractivity contribution is -0.122.